The molecule has 2 heteroatoms. The van der Waals surface area contributed by atoms with E-state index in [1.165, 1.54) is 0 Å². The van der Waals surface area contributed by atoms with E-state index >= 15 is 0 Å². The first-order valence-electron chi connectivity index (χ1n) is 5.96. The maximum Gasteiger partial charge on any atom is 0.119 e. The Morgan fingerprint density at radius 1 is 1.00 bits per heavy atom. The standard InChI is InChI=1S/C10H14O.C4H10O/c1-9(2)8-11-10-6-4-3-5-7-10;1-3-5-4-2/h3-7,9H,8H2,1-2H3;3-4H2,1-2H3. The van der Waals surface area contributed by atoms with Gasteiger partial charge in [-0.3, -0.25) is 0 Å². The highest BCUT2D eigenvalue weighted by Gasteiger charge is 1.94. The monoisotopic (exact) mass is 224 g/mol. The lowest BCUT2D eigenvalue weighted by molar-refractivity contribution is 0.162. The molecule has 0 aliphatic heterocycles. The van der Waals surface area contributed by atoms with Crippen molar-refractivity contribution in [2.24, 2.45) is 5.92 Å². The summed E-state index contributed by atoms with van der Waals surface area (Å²) in [7, 11) is 0. The van der Waals surface area contributed by atoms with Crippen molar-refractivity contribution in [3.8, 4) is 5.75 Å². The van der Waals surface area contributed by atoms with Crippen molar-refractivity contribution >= 4 is 0 Å². The van der Waals surface area contributed by atoms with Crippen LogP contribution in [0.3, 0.4) is 0 Å². The van der Waals surface area contributed by atoms with E-state index in [1.807, 2.05) is 44.2 Å². The molecule has 0 saturated carbocycles. The van der Waals surface area contributed by atoms with Gasteiger partial charge >= 0.3 is 0 Å². The van der Waals surface area contributed by atoms with Gasteiger partial charge in [-0.15, -0.1) is 0 Å². The number of benzene rings is 1. The third-order valence-corrected chi connectivity index (χ3v) is 1.73. The topological polar surface area (TPSA) is 18.5 Å². The highest BCUT2D eigenvalue weighted by Crippen LogP contribution is 2.09. The molecular weight excluding hydrogens is 200 g/mol. The Balaban J connectivity index is 0.000000385. The van der Waals surface area contributed by atoms with E-state index in [1.54, 1.807) is 0 Å². The van der Waals surface area contributed by atoms with E-state index in [0.717, 1.165) is 25.6 Å². The van der Waals surface area contributed by atoms with Gasteiger partial charge in [0.15, 0.2) is 0 Å². The predicted molar refractivity (Wildman–Crippen MR) is 68.9 cm³/mol. The molecule has 0 heterocycles. The Bertz CT molecular complexity index is 230. The van der Waals surface area contributed by atoms with Gasteiger partial charge in [-0.1, -0.05) is 32.0 Å². The molecule has 0 atom stereocenters. The minimum Gasteiger partial charge on any atom is -0.493 e. The van der Waals surface area contributed by atoms with Crippen LogP contribution in [0, 0.1) is 5.92 Å². The molecule has 16 heavy (non-hydrogen) atoms. The maximum atomic E-state index is 5.47. The van der Waals surface area contributed by atoms with Gasteiger partial charge in [-0.2, -0.15) is 0 Å². The van der Waals surface area contributed by atoms with Crippen LogP contribution in [0.15, 0.2) is 30.3 Å². The van der Waals surface area contributed by atoms with Crippen LogP contribution in [0.25, 0.3) is 0 Å². The van der Waals surface area contributed by atoms with Crippen molar-refractivity contribution in [2.75, 3.05) is 19.8 Å². The van der Waals surface area contributed by atoms with Gasteiger partial charge in [0.1, 0.15) is 5.75 Å². The fourth-order valence-corrected chi connectivity index (χ4v) is 0.984. The summed E-state index contributed by atoms with van der Waals surface area (Å²) in [6.07, 6.45) is 0. The van der Waals surface area contributed by atoms with E-state index in [0.29, 0.717) is 5.92 Å². The van der Waals surface area contributed by atoms with Crippen LogP contribution < -0.4 is 4.74 Å². The molecule has 2 nitrogen and oxygen atoms in total. The summed E-state index contributed by atoms with van der Waals surface area (Å²) in [6.45, 7) is 10.7. The fourth-order valence-electron chi connectivity index (χ4n) is 0.984. The van der Waals surface area contributed by atoms with E-state index in [-0.39, 0.29) is 0 Å². The fraction of sp³-hybridized carbons (Fsp3) is 0.571. The smallest absolute Gasteiger partial charge is 0.119 e. The van der Waals surface area contributed by atoms with Gasteiger partial charge in [0.2, 0.25) is 0 Å². The maximum absolute atomic E-state index is 5.47. The summed E-state index contributed by atoms with van der Waals surface area (Å²) < 4.78 is 10.3. The molecule has 0 amide bonds. The lowest BCUT2D eigenvalue weighted by Crippen LogP contribution is -2.03. The van der Waals surface area contributed by atoms with Crippen molar-refractivity contribution in [3.63, 3.8) is 0 Å². The quantitative estimate of drug-likeness (QED) is 0.758. The summed E-state index contributed by atoms with van der Waals surface area (Å²) >= 11 is 0. The SMILES string of the molecule is CC(C)COc1ccccc1.CCOCC. The third kappa shape index (κ3) is 9.53. The first-order chi connectivity index (χ1) is 7.70. The van der Waals surface area contributed by atoms with Gasteiger partial charge in [-0.05, 0) is 31.9 Å². The second kappa shape index (κ2) is 10.5. The Kier molecular flexibility index (Phi) is 9.83. The Morgan fingerprint density at radius 2 is 1.56 bits per heavy atom. The predicted octanol–water partition coefficient (Wildman–Crippen LogP) is 3.76. The van der Waals surface area contributed by atoms with Crippen LogP contribution in [0.2, 0.25) is 0 Å². The Morgan fingerprint density at radius 3 is 1.94 bits per heavy atom. The summed E-state index contributed by atoms with van der Waals surface area (Å²) in [5.41, 5.74) is 0. The summed E-state index contributed by atoms with van der Waals surface area (Å²) in [5, 5.41) is 0. The van der Waals surface area contributed by atoms with Gasteiger partial charge in [-0.25, -0.2) is 0 Å². The molecule has 92 valence electrons. The molecule has 1 rings (SSSR count). The molecule has 0 radical (unpaired) electrons. The van der Waals surface area contributed by atoms with Crippen LogP contribution in [0.5, 0.6) is 5.75 Å². The number of rotatable bonds is 5. The zero-order valence-corrected chi connectivity index (χ0v) is 10.9. The minimum absolute atomic E-state index is 0.593. The molecule has 0 unspecified atom stereocenters. The largest absolute Gasteiger partial charge is 0.493 e. The first kappa shape index (κ1) is 15.0. The molecule has 0 N–H and O–H groups in total. The van der Waals surface area contributed by atoms with Crippen molar-refractivity contribution in [3.05, 3.63) is 30.3 Å². The molecule has 0 aliphatic carbocycles. The molecule has 0 spiro atoms. The summed E-state index contributed by atoms with van der Waals surface area (Å²) in [4.78, 5) is 0. The van der Waals surface area contributed by atoms with Crippen molar-refractivity contribution in [2.45, 2.75) is 27.7 Å². The highest BCUT2D eigenvalue weighted by molar-refractivity contribution is 5.20. The number of para-hydroxylation sites is 1. The zero-order chi connectivity index (χ0) is 12.2. The van der Waals surface area contributed by atoms with Crippen LogP contribution >= 0.6 is 0 Å². The summed E-state index contributed by atoms with van der Waals surface area (Å²) in [6, 6.07) is 9.90. The second-order valence-electron chi connectivity index (χ2n) is 3.80. The van der Waals surface area contributed by atoms with Gasteiger partial charge < -0.3 is 9.47 Å². The van der Waals surface area contributed by atoms with E-state index in [9.17, 15) is 0 Å². The van der Waals surface area contributed by atoms with E-state index in [4.69, 9.17) is 9.47 Å². The lowest BCUT2D eigenvalue weighted by Gasteiger charge is -2.07. The molecule has 0 aromatic heterocycles. The first-order valence-corrected chi connectivity index (χ1v) is 5.96. The van der Waals surface area contributed by atoms with Crippen molar-refractivity contribution in [1.82, 2.24) is 0 Å². The molecule has 0 bridgehead atoms. The second-order valence-corrected chi connectivity index (χ2v) is 3.80. The van der Waals surface area contributed by atoms with Gasteiger partial charge in [0, 0.05) is 13.2 Å². The number of ether oxygens (including phenoxy) is 2. The highest BCUT2D eigenvalue weighted by atomic mass is 16.5. The van der Waals surface area contributed by atoms with Crippen molar-refractivity contribution in [1.29, 1.82) is 0 Å². The lowest BCUT2D eigenvalue weighted by atomic mass is 10.2. The minimum atomic E-state index is 0.593. The van der Waals surface area contributed by atoms with Crippen LogP contribution in [0.4, 0.5) is 0 Å². The number of hydrogen-bond acceptors (Lipinski definition) is 2. The van der Waals surface area contributed by atoms with E-state index < -0.39 is 0 Å². The van der Waals surface area contributed by atoms with Gasteiger partial charge in [0.25, 0.3) is 0 Å². The molecule has 1 aromatic carbocycles. The molecule has 0 fully saturated rings. The van der Waals surface area contributed by atoms with Crippen molar-refractivity contribution < 1.29 is 9.47 Å². The molecule has 1 aromatic rings. The number of hydrogen-bond donors (Lipinski definition) is 0. The molecular formula is C14H24O2. The average molecular weight is 224 g/mol. The zero-order valence-electron chi connectivity index (χ0n) is 10.9. The Hall–Kier alpha value is -1.02. The van der Waals surface area contributed by atoms with Gasteiger partial charge in [0.05, 0.1) is 6.61 Å². The normalized spacial score (nSPS) is 9.56. The molecule has 0 saturated heterocycles. The average Bonchev–Trinajstić information content (AvgIpc) is 2.30. The summed E-state index contributed by atoms with van der Waals surface area (Å²) in [5.74, 6) is 1.55. The Labute approximate surface area is 99.6 Å². The van der Waals surface area contributed by atoms with Crippen LogP contribution in [-0.4, -0.2) is 19.8 Å². The third-order valence-electron chi connectivity index (χ3n) is 1.73. The van der Waals surface area contributed by atoms with Crippen LogP contribution in [-0.2, 0) is 4.74 Å². The molecule has 0 aliphatic rings. The van der Waals surface area contributed by atoms with E-state index in [2.05, 4.69) is 13.8 Å². The van der Waals surface area contributed by atoms with Crippen LogP contribution in [0.1, 0.15) is 27.7 Å².